The third-order valence-corrected chi connectivity index (χ3v) is 7.51. The fraction of sp³-hybridized carbons (Fsp3) is 0.367. The molecule has 5 rings (SSSR count). The number of likely N-dealkylation sites (tertiary alicyclic amines) is 1. The van der Waals surface area contributed by atoms with Gasteiger partial charge in [-0.1, -0.05) is 66.7 Å². The molecule has 0 aliphatic carbocycles. The molecule has 2 aliphatic rings. The second kappa shape index (κ2) is 11.0. The Balaban J connectivity index is 1.37. The lowest BCUT2D eigenvalue weighted by atomic mass is 9.89. The van der Waals surface area contributed by atoms with E-state index in [1.807, 2.05) is 18.2 Å². The first-order valence-corrected chi connectivity index (χ1v) is 13.0. The lowest BCUT2D eigenvalue weighted by Gasteiger charge is -2.43. The first kappa shape index (κ1) is 25.3. The van der Waals surface area contributed by atoms with E-state index < -0.39 is 11.7 Å². The average molecular weight is 508 g/mol. The predicted molar refractivity (Wildman–Crippen MR) is 138 cm³/mol. The minimum Gasteiger partial charge on any atom is -0.338 e. The summed E-state index contributed by atoms with van der Waals surface area (Å²) in [5.74, 6) is 0. The van der Waals surface area contributed by atoms with Crippen molar-refractivity contribution in [1.29, 1.82) is 0 Å². The highest BCUT2D eigenvalue weighted by atomic mass is 19.4. The number of urea groups is 1. The predicted octanol–water partition coefficient (Wildman–Crippen LogP) is 6.42. The molecule has 37 heavy (non-hydrogen) atoms. The standard InChI is InChI=1S/C30H32F3N3O/c31-30(32,33)25-14-12-22(13-15-25)21-35-19-16-26(17-20-35)36-28(24-8-2-1-3-9-24)27-11-5-4-7-23(27)10-6-18-34-29(36)37/h1-5,7-9,11-15,26,28H,6,10,16-21H2,(H,34,37). The maximum absolute atomic E-state index is 13.6. The molecule has 3 aromatic carbocycles. The topological polar surface area (TPSA) is 35.6 Å². The van der Waals surface area contributed by atoms with Gasteiger partial charge in [-0.2, -0.15) is 13.2 Å². The number of amides is 2. The van der Waals surface area contributed by atoms with E-state index in [1.54, 1.807) is 12.1 Å². The number of halogens is 3. The molecule has 0 saturated carbocycles. The van der Waals surface area contributed by atoms with Crippen molar-refractivity contribution < 1.29 is 18.0 Å². The van der Waals surface area contributed by atoms with Crippen molar-refractivity contribution in [2.45, 2.75) is 50.5 Å². The van der Waals surface area contributed by atoms with Gasteiger partial charge in [0.1, 0.15) is 0 Å². The second-order valence-corrected chi connectivity index (χ2v) is 9.96. The summed E-state index contributed by atoms with van der Waals surface area (Å²) in [6.07, 6.45) is -0.904. The zero-order valence-corrected chi connectivity index (χ0v) is 20.8. The van der Waals surface area contributed by atoms with Crippen LogP contribution in [0.4, 0.5) is 18.0 Å². The van der Waals surface area contributed by atoms with E-state index >= 15 is 0 Å². The van der Waals surface area contributed by atoms with E-state index in [4.69, 9.17) is 0 Å². The molecule has 1 unspecified atom stereocenters. The number of nitrogens with zero attached hydrogens (tertiary/aromatic N) is 2. The first-order valence-electron chi connectivity index (χ1n) is 13.0. The Bertz CT molecular complexity index is 1190. The number of piperidine rings is 1. The van der Waals surface area contributed by atoms with Crippen LogP contribution in [0.1, 0.15) is 53.1 Å². The van der Waals surface area contributed by atoms with Gasteiger partial charge < -0.3 is 10.2 Å². The van der Waals surface area contributed by atoms with Gasteiger partial charge in [0, 0.05) is 32.2 Å². The summed E-state index contributed by atoms with van der Waals surface area (Å²) in [4.78, 5) is 17.9. The molecule has 1 saturated heterocycles. The average Bonchev–Trinajstić information content (AvgIpc) is 2.97. The lowest BCUT2D eigenvalue weighted by molar-refractivity contribution is -0.137. The van der Waals surface area contributed by atoms with Gasteiger partial charge in [0.15, 0.2) is 0 Å². The number of hydrogen-bond donors (Lipinski definition) is 1. The molecule has 2 aliphatic heterocycles. The Hall–Kier alpha value is -3.32. The molecule has 194 valence electrons. The van der Waals surface area contributed by atoms with Crippen LogP contribution in [-0.2, 0) is 19.1 Å². The van der Waals surface area contributed by atoms with Gasteiger partial charge >= 0.3 is 12.2 Å². The van der Waals surface area contributed by atoms with Crippen LogP contribution in [-0.4, -0.2) is 41.5 Å². The van der Waals surface area contributed by atoms with E-state index in [2.05, 4.69) is 51.5 Å². The van der Waals surface area contributed by atoms with Gasteiger partial charge in [0.05, 0.1) is 11.6 Å². The monoisotopic (exact) mass is 507 g/mol. The maximum Gasteiger partial charge on any atom is 0.416 e. The smallest absolute Gasteiger partial charge is 0.338 e. The van der Waals surface area contributed by atoms with E-state index in [0.29, 0.717) is 13.1 Å². The molecule has 7 heteroatoms. The number of hydrogen-bond acceptors (Lipinski definition) is 2. The van der Waals surface area contributed by atoms with E-state index in [1.165, 1.54) is 11.1 Å². The van der Waals surface area contributed by atoms with Crippen molar-refractivity contribution in [2.24, 2.45) is 0 Å². The van der Waals surface area contributed by atoms with Crippen molar-refractivity contribution in [3.63, 3.8) is 0 Å². The minimum atomic E-state index is -4.32. The van der Waals surface area contributed by atoms with Gasteiger partial charge in [-0.05, 0) is 60.1 Å². The fourth-order valence-corrected chi connectivity index (χ4v) is 5.63. The molecule has 0 spiro atoms. The molecule has 2 heterocycles. The van der Waals surface area contributed by atoms with E-state index in [9.17, 15) is 18.0 Å². The van der Waals surface area contributed by atoms with Crippen LogP contribution in [0.25, 0.3) is 0 Å². The lowest BCUT2D eigenvalue weighted by Crippen LogP contribution is -2.52. The molecule has 0 radical (unpaired) electrons. The molecule has 0 aromatic heterocycles. The number of carbonyl (C=O) groups is 1. The second-order valence-electron chi connectivity index (χ2n) is 9.96. The van der Waals surface area contributed by atoms with Gasteiger partial charge in [-0.15, -0.1) is 0 Å². The highest BCUT2D eigenvalue weighted by molar-refractivity contribution is 5.76. The highest BCUT2D eigenvalue weighted by Gasteiger charge is 2.36. The molecule has 1 fully saturated rings. The van der Waals surface area contributed by atoms with Crippen LogP contribution in [0.5, 0.6) is 0 Å². The zero-order valence-electron chi connectivity index (χ0n) is 20.8. The summed E-state index contributed by atoms with van der Waals surface area (Å²) in [5.41, 5.74) is 3.79. The Morgan fingerprint density at radius 2 is 1.54 bits per heavy atom. The van der Waals surface area contributed by atoms with Crippen molar-refractivity contribution in [3.8, 4) is 0 Å². The minimum absolute atomic E-state index is 0.0354. The zero-order chi connectivity index (χ0) is 25.8. The third-order valence-electron chi connectivity index (χ3n) is 7.51. The van der Waals surface area contributed by atoms with Gasteiger partial charge in [0.2, 0.25) is 0 Å². The summed E-state index contributed by atoms with van der Waals surface area (Å²) >= 11 is 0. The largest absolute Gasteiger partial charge is 0.416 e. The SMILES string of the molecule is O=C1NCCCc2ccccc2C(c2ccccc2)N1C1CCN(Cc2ccc(C(F)(F)F)cc2)CC1. The Morgan fingerprint density at radius 3 is 2.24 bits per heavy atom. The Labute approximate surface area is 216 Å². The molecular formula is C30H32F3N3O. The number of rotatable bonds is 4. The van der Waals surface area contributed by atoms with Crippen molar-refractivity contribution >= 4 is 6.03 Å². The molecule has 1 atom stereocenters. The molecular weight excluding hydrogens is 475 g/mol. The van der Waals surface area contributed by atoms with Crippen LogP contribution in [0, 0.1) is 0 Å². The van der Waals surface area contributed by atoms with Crippen molar-refractivity contribution in [1.82, 2.24) is 15.1 Å². The van der Waals surface area contributed by atoms with E-state index in [0.717, 1.165) is 62.0 Å². The molecule has 2 amide bonds. The van der Waals surface area contributed by atoms with E-state index in [-0.39, 0.29) is 18.1 Å². The summed E-state index contributed by atoms with van der Waals surface area (Å²) < 4.78 is 38.7. The molecule has 1 N–H and O–H groups in total. The number of aryl methyl sites for hydroxylation is 1. The molecule has 4 nitrogen and oxygen atoms in total. The van der Waals surface area contributed by atoms with Crippen molar-refractivity contribution in [3.05, 3.63) is 107 Å². The molecule has 3 aromatic rings. The third kappa shape index (κ3) is 5.82. The Kier molecular flexibility index (Phi) is 7.51. The van der Waals surface area contributed by atoms with Crippen LogP contribution in [0.3, 0.4) is 0 Å². The number of fused-ring (bicyclic) bond motifs is 1. The number of benzene rings is 3. The van der Waals surface area contributed by atoms with Gasteiger partial charge in [0.25, 0.3) is 0 Å². The number of nitrogens with one attached hydrogen (secondary N) is 1. The summed E-state index contributed by atoms with van der Waals surface area (Å²) in [5, 5.41) is 3.16. The van der Waals surface area contributed by atoms with Crippen LogP contribution in [0.2, 0.25) is 0 Å². The number of alkyl halides is 3. The first-order chi connectivity index (χ1) is 17.9. The fourth-order valence-electron chi connectivity index (χ4n) is 5.63. The Morgan fingerprint density at radius 1 is 0.865 bits per heavy atom. The quantitative estimate of drug-likeness (QED) is 0.443. The van der Waals surface area contributed by atoms with Crippen LogP contribution < -0.4 is 5.32 Å². The molecule has 0 bridgehead atoms. The normalized spacial score (nSPS) is 19.9. The highest BCUT2D eigenvalue weighted by Crippen LogP contribution is 2.36. The van der Waals surface area contributed by atoms with Crippen LogP contribution in [0.15, 0.2) is 78.9 Å². The van der Waals surface area contributed by atoms with Crippen molar-refractivity contribution in [2.75, 3.05) is 19.6 Å². The summed E-state index contributed by atoms with van der Waals surface area (Å²) in [7, 11) is 0. The van der Waals surface area contributed by atoms with Crippen LogP contribution >= 0.6 is 0 Å². The maximum atomic E-state index is 13.6. The summed E-state index contributed by atoms with van der Waals surface area (Å²) in [6.45, 7) is 2.79. The van der Waals surface area contributed by atoms with Gasteiger partial charge in [-0.3, -0.25) is 4.90 Å². The summed E-state index contributed by atoms with van der Waals surface area (Å²) in [6, 6.07) is 23.9. The van der Waals surface area contributed by atoms with Gasteiger partial charge in [-0.25, -0.2) is 4.79 Å². The number of carbonyl (C=O) groups excluding carboxylic acids is 1.